The summed E-state index contributed by atoms with van der Waals surface area (Å²) in [5.41, 5.74) is -2.77. The Labute approximate surface area is 509 Å². The number of anilines is 2. The second kappa shape index (κ2) is 26.0. The van der Waals surface area contributed by atoms with Crippen LogP contribution in [0.3, 0.4) is 0 Å². The van der Waals surface area contributed by atoms with Crippen molar-refractivity contribution in [3.8, 4) is 22.3 Å². The fourth-order valence-corrected chi connectivity index (χ4v) is 12.9. The van der Waals surface area contributed by atoms with E-state index in [1.807, 2.05) is 10.6 Å². The van der Waals surface area contributed by atoms with E-state index in [1.165, 1.54) is 6.20 Å². The summed E-state index contributed by atoms with van der Waals surface area (Å²) in [6.45, 7) is 6.25. The first kappa shape index (κ1) is 64.9. The Balaban J connectivity index is 0.924. The zero-order valence-electron chi connectivity index (χ0n) is 50.0. The second-order valence-electron chi connectivity index (χ2n) is 25.0. The summed E-state index contributed by atoms with van der Waals surface area (Å²) in [5.74, 6) is -4.31. The van der Waals surface area contributed by atoms with Crippen LogP contribution < -0.4 is 31.2 Å². The molecule has 0 aliphatic carbocycles. The topological polar surface area (TPSA) is 228 Å². The first-order chi connectivity index (χ1) is 42.1. The number of piperazine rings is 2. The maximum atomic E-state index is 16.6. The van der Waals surface area contributed by atoms with Crippen molar-refractivity contribution in [2.45, 2.75) is 139 Å². The molecule has 8 atom stereocenters. The fourth-order valence-electron chi connectivity index (χ4n) is 12.9. The van der Waals surface area contributed by atoms with Crippen LogP contribution in [0, 0.1) is 22.5 Å². The number of alkyl carbamates (subject to hydrolysis) is 2. The number of alkyl halides is 6. The monoisotopic (exact) mass is 1260 g/mol. The summed E-state index contributed by atoms with van der Waals surface area (Å²) < 4.78 is 142. The normalized spacial score (nSPS) is 22.4. The van der Waals surface area contributed by atoms with E-state index in [2.05, 4.69) is 54.8 Å². The largest absolute Gasteiger partial charge is 0.453 e. The summed E-state index contributed by atoms with van der Waals surface area (Å²) in [6, 6.07) is 7.32. The molecule has 6 fully saturated rings. The van der Waals surface area contributed by atoms with Crippen LogP contribution in [-0.4, -0.2) is 205 Å². The molecule has 89 heavy (non-hydrogen) atoms. The molecule has 10 rings (SSSR count). The maximum absolute atomic E-state index is 16.6. The van der Waals surface area contributed by atoms with Gasteiger partial charge >= 0.3 is 24.5 Å². The molecule has 6 saturated heterocycles. The van der Waals surface area contributed by atoms with E-state index in [1.54, 1.807) is 48.8 Å². The molecule has 4 bridgehead atoms. The number of nitrogens with one attached hydrogen (secondary N) is 4. The second-order valence-corrected chi connectivity index (χ2v) is 25.0. The third-order valence-corrected chi connectivity index (χ3v) is 18.5. The minimum atomic E-state index is -5.19. The highest BCUT2D eigenvalue weighted by Gasteiger charge is 2.58. The smallest absolute Gasteiger partial charge is 0.407 e. The third kappa shape index (κ3) is 13.8. The van der Waals surface area contributed by atoms with Crippen LogP contribution in [0.4, 0.5) is 56.5 Å². The van der Waals surface area contributed by atoms with Crippen LogP contribution in [0.1, 0.15) is 64.5 Å². The van der Waals surface area contributed by atoms with E-state index in [0.29, 0.717) is 116 Å². The average Bonchev–Trinajstić information content (AvgIpc) is 1.96. The Morgan fingerprint density at radius 3 is 1.52 bits per heavy atom. The number of carbonyl (C=O) groups excluding carboxylic acids is 4. The van der Waals surface area contributed by atoms with Crippen molar-refractivity contribution in [2.75, 3.05) is 83.2 Å². The Morgan fingerprint density at radius 1 is 0.618 bits per heavy atom. The van der Waals surface area contributed by atoms with Gasteiger partial charge in [0.1, 0.15) is 29.5 Å². The van der Waals surface area contributed by atoms with Crippen molar-refractivity contribution >= 4 is 35.8 Å². The molecule has 4 unspecified atom stereocenters. The zero-order valence-corrected chi connectivity index (χ0v) is 50.0. The lowest BCUT2D eigenvalue weighted by Gasteiger charge is -2.48. The number of aromatic nitrogens is 3. The number of benzene rings is 2. The third-order valence-electron chi connectivity index (χ3n) is 18.5. The Morgan fingerprint density at radius 2 is 1.08 bits per heavy atom. The van der Waals surface area contributed by atoms with Crippen molar-refractivity contribution in [2.24, 2.45) is 10.8 Å². The molecule has 4 amide bonds. The molecule has 0 radical (unpaired) electrons. The lowest BCUT2D eigenvalue weighted by atomic mass is 9.82. The predicted octanol–water partition coefficient (Wildman–Crippen LogP) is 6.14. The van der Waals surface area contributed by atoms with E-state index < -0.39 is 108 Å². The number of carbonyl (C=O) groups is 4. The number of aliphatic hydroxyl groups excluding tert-OH is 1. The quantitative estimate of drug-likeness (QED) is 0.0467. The van der Waals surface area contributed by atoms with Crippen LogP contribution in [-0.2, 0) is 41.5 Å². The Kier molecular flexibility index (Phi) is 19.0. The van der Waals surface area contributed by atoms with Gasteiger partial charge in [-0.05, 0) is 101 Å². The van der Waals surface area contributed by atoms with Crippen LogP contribution in [0.5, 0.6) is 0 Å². The van der Waals surface area contributed by atoms with Gasteiger partial charge in [0.2, 0.25) is 11.9 Å². The van der Waals surface area contributed by atoms with E-state index in [0.717, 1.165) is 91.4 Å². The van der Waals surface area contributed by atoms with Gasteiger partial charge in [0.05, 0.1) is 75.7 Å². The number of methoxy groups -OCH3 is 2. The van der Waals surface area contributed by atoms with Gasteiger partial charge in [-0.2, -0.15) is 26.3 Å². The number of amides is 4. The number of aliphatic hydroxyl groups is 1. The number of halogens is 8. The Hall–Kier alpha value is -7.05. The number of hydrogen-bond donors (Lipinski definition) is 5. The SMILES string of the molecule is COC(=O)N[C@H](C(=O)N[C@@H](Cc1ccc(-c2cnc(N3CC4CCC(C3)N4C3COC3)nc2)cc1)[C@@H](O)CN(Cc1c(F)cc(-c2ccc(N3CC4CCC(C3)N4C3COC3)nc2)cc1F)NC(=O)[C@@H](NC(=O)OC)C(C)(C)C(F)(F)F)C(C)(C)C(F)(F)F. The molecular weight excluding hydrogens is 1180 g/mol. The summed E-state index contributed by atoms with van der Waals surface area (Å²) in [5, 5.41) is 19.1. The van der Waals surface area contributed by atoms with Crippen molar-refractivity contribution in [1.82, 2.24) is 51.1 Å². The standard InChI is InChI=1S/C60H74F8N12O9/c1-57(2,59(63,64)65)50(73-55(84)86-5)52(82)72-47(17-33-7-9-34(10-8-33)37-21-70-54(71-22-37)77-25-40-14-15-41(26-77)80(40)43-31-89-32-43)48(81)28-78(75-53(83)51(74-56(85)87-6)58(3,4)60(66,67)68)27-44-45(61)18-36(19-46(44)62)35-11-16-49(69-20-35)76-23-38-12-13-39(24-76)79(38)42-29-88-30-42/h7-11,16,18-22,38-43,47-48,50-51,81H,12-15,17,23-32H2,1-6H3,(H,72,82)(H,73,84)(H,74,85)(H,75,83)/t38?,39?,40?,41?,47-,48-,50+,51+/m0/s1. The number of hydrogen-bond acceptors (Lipinski definition) is 17. The van der Waals surface area contributed by atoms with E-state index in [4.69, 9.17) is 9.47 Å². The Bertz CT molecular complexity index is 3130. The summed E-state index contributed by atoms with van der Waals surface area (Å²) in [6.07, 6.45) is -6.76. The predicted molar refractivity (Wildman–Crippen MR) is 307 cm³/mol. The number of nitrogens with zero attached hydrogens (tertiary/aromatic N) is 8. The minimum Gasteiger partial charge on any atom is -0.453 e. The molecule has 8 heterocycles. The molecule has 21 nitrogen and oxygen atoms in total. The number of fused-ring (bicyclic) bond motifs is 4. The molecule has 4 aromatic rings. The minimum absolute atomic E-state index is 0.0360. The first-order valence-electron chi connectivity index (χ1n) is 29.6. The molecule has 6 aliphatic heterocycles. The summed E-state index contributed by atoms with van der Waals surface area (Å²) >= 11 is 0. The van der Waals surface area contributed by atoms with Crippen LogP contribution >= 0.6 is 0 Å². The number of ether oxygens (including phenoxy) is 4. The molecule has 0 spiro atoms. The lowest BCUT2D eigenvalue weighted by Crippen LogP contribution is -2.63. The van der Waals surface area contributed by atoms with Crippen molar-refractivity contribution in [1.29, 1.82) is 0 Å². The van der Waals surface area contributed by atoms with Crippen LogP contribution in [0.25, 0.3) is 22.3 Å². The highest BCUT2D eigenvalue weighted by molar-refractivity contribution is 5.87. The molecule has 29 heteroatoms. The van der Waals surface area contributed by atoms with Gasteiger partial charge < -0.3 is 49.8 Å². The maximum Gasteiger partial charge on any atom is 0.407 e. The van der Waals surface area contributed by atoms with E-state index in [9.17, 15) is 50.6 Å². The number of rotatable bonds is 21. The molecule has 6 aliphatic rings. The van der Waals surface area contributed by atoms with Crippen molar-refractivity contribution < 1.29 is 78.4 Å². The van der Waals surface area contributed by atoms with Crippen LogP contribution in [0.15, 0.2) is 67.1 Å². The average molecular weight is 1260 g/mol. The molecule has 2 aromatic heterocycles. The molecule has 484 valence electrons. The number of hydrazine groups is 1. The highest BCUT2D eigenvalue weighted by Crippen LogP contribution is 2.43. The van der Waals surface area contributed by atoms with Gasteiger partial charge in [0, 0.05) is 98.7 Å². The van der Waals surface area contributed by atoms with Crippen molar-refractivity contribution in [3.63, 3.8) is 0 Å². The molecule has 5 N–H and O–H groups in total. The van der Waals surface area contributed by atoms with Gasteiger partial charge in [-0.25, -0.2) is 38.3 Å². The molecule has 0 saturated carbocycles. The van der Waals surface area contributed by atoms with E-state index >= 15 is 8.78 Å². The summed E-state index contributed by atoms with van der Waals surface area (Å²) in [4.78, 5) is 77.1. The van der Waals surface area contributed by atoms with Gasteiger partial charge in [-0.1, -0.05) is 24.3 Å². The molecular formula is C60H74F8N12O9. The lowest BCUT2D eigenvalue weighted by molar-refractivity contribution is -0.221. The van der Waals surface area contributed by atoms with Gasteiger partial charge in [-0.15, -0.1) is 0 Å². The zero-order chi connectivity index (χ0) is 63.9. The highest BCUT2D eigenvalue weighted by atomic mass is 19.4. The van der Waals surface area contributed by atoms with Gasteiger partial charge in [0.15, 0.2) is 0 Å². The molecule has 2 aromatic carbocycles. The summed E-state index contributed by atoms with van der Waals surface area (Å²) in [7, 11) is 1.69. The fraction of sp³-hybridized carbons (Fsp3) is 0.583. The van der Waals surface area contributed by atoms with Gasteiger partial charge in [0.25, 0.3) is 5.91 Å². The van der Waals surface area contributed by atoms with Gasteiger partial charge in [-0.3, -0.25) is 24.8 Å². The van der Waals surface area contributed by atoms with Crippen molar-refractivity contribution in [3.05, 3.63) is 89.9 Å². The van der Waals surface area contributed by atoms with Crippen LogP contribution in [0.2, 0.25) is 0 Å². The number of pyridine rings is 1. The first-order valence-corrected chi connectivity index (χ1v) is 29.6. The van der Waals surface area contributed by atoms with E-state index in [-0.39, 0.29) is 5.56 Å².